The molecule has 0 N–H and O–H groups in total. The van der Waals surface area contributed by atoms with E-state index >= 15 is 0 Å². The van der Waals surface area contributed by atoms with Crippen LogP contribution in [-0.4, -0.2) is 6.04 Å². The van der Waals surface area contributed by atoms with Crippen molar-refractivity contribution in [1.82, 2.24) is 0 Å². The van der Waals surface area contributed by atoms with Crippen molar-refractivity contribution in [2.45, 2.75) is 26.8 Å². The van der Waals surface area contributed by atoms with Crippen molar-refractivity contribution >= 4 is 87.2 Å². The van der Waals surface area contributed by atoms with Crippen LogP contribution < -0.4 is 20.6 Å². The van der Waals surface area contributed by atoms with Crippen molar-refractivity contribution in [3.8, 4) is 0 Å². The number of benzene rings is 7. The van der Waals surface area contributed by atoms with Crippen molar-refractivity contribution in [1.29, 1.82) is 0 Å². The molecular formula is C45H37NO2P2. The molecule has 5 heteroatoms. The number of fused-ring (bicyclic) bond motifs is 8. The summed E-state index contributed by atoms with van der Waals surface area (Å²) in [4.78, 5) is 0. The topological polar surface area (TPSA) is 29.5 Å². The summed E-state index contributed by atoms with van der Waals surface area (Å²) in [6, 6.07) is 54.6. The Morgan fingerprint density at radius 1 is 0.560 bits per heavy atom. The highest BCUT2D eigenvalue weighted by molar-refractivity contribution is 7.80. The SMILES string of the molecule is CC(C)(C)C1C=Cc2cccc(P(c3ccccc3)c3ccccc3)c2N1p1oc2ccc3ccccc3c2c2c(ccc3ccccc32)o1. The molecule has 1 aliphatic rings. The lowest BCUT2D eigenvalue weighted by atomic mass is 9.84. The van der Waals surface area contributed by atoms with Gasteiger partial charge in [0.2, 0.25) is 0 Å². The van der Waals surface area contributed by atoms with Crippen LogP contribution in [-0.2, 0) is 0 Å². The monoisotopic (exact) mass is 685 g/mol. The molecule has 0 radical (unpaired) electrons. The Labute approximate surface area is 294 Å². The Morgan fingerprint density at radius 2 is 1.08 bits per heavy atom. The molecule has 0 fully saturated rings. The van der Waals surface area contributed by atoms with E-state index in [1.807, 2.05) is 0 Å². The van der Waals surface area contributed by atoms with Crippen molar-refractivity contribution in [2.24, 2.45) is 5.41 Å². The predicted octanol–water partition coefficient (Wildman–Crippen LogP) is 12.1. The molecule has 9 rings (SSSR count). The molecule has 0 amide bonds. The first-order chi connectivity index (χ1) is 24.5. The van der Waals surface area contributed by atoms with E-state index in [1.54, 1.807) is 0 Å². The third-order valence-corrected chi connectivity index (χ3v) is 13.7. The number of rotatable bonds is 4. The highest BCUT2D eigenvalue weighted by Crippen LogP contribution is 2.52. The van der Waals surface area contributed by atoms with Gasteiger partial charge in [-0.15, -0.1) is 0 Å². The minimum absolute atomic E-state index is 0.0107. The number of para-hydroxylation sites is 1. The van der Waals surface area contributed by atoms with Crippen molar-refractivity contribution in [3.63, 3.8) is 0 Å². The number of hydrogen-bond acceptors (Lipinski definition) is 3. The van der Waals surface area contributed by atoms with E-state index in [0.29, 0.717) is 0 Å². The average molecular weight is 686 g/mol. The molecule has 0 saturated heterocycles. The smallest absolute Gasteiger partial charge is 0.342 e. The molecule has 0 spiro atoms. The summed E-state index contributed by atoms with van der Waals surface area (Å²) < 4.78 is 17.1. The number of hydrogen-bond donors (Lipinski definition) is 0. The van der Waals surface area contributed by atoms with Gasteiger partial charge in [-0.05, 0) is 63.2 Å². The van der Waals surface area contributed by atoms with Gasteiger partial charge in [0.15, 0.2) is 0 Å². The summed E-state index contributed by atoms with van der Waals surface area (Å²) in [6.45, 7) is 6.95. The molecule has 0 saturated carbocycles. The summed E-state index contributed by atoms with van der Waals surface area (Å²) >= 11 is 0. The quantitative estimate of drug-likeness (QED) is 0.173. The largest absolute Gasteiger partial charge is 0.404 e. The minimum atomic E-state index is -1.68. The highest BCUT2D eigenvalue weighted by atomic mass is 31.1. The Bertz CT molecular complexity index is 2470. The third kappa shape index (κ3) is 5.25. The molecule has 2 heterocycles. The summed E-state index contributed by atoms with van der Waals surface area (Å²) in [7, 11) is -2.58. The zero-order chi connectivity index (χ0) is 33.8. The average Bonchev–Trinajstić information content (AvgIpc) is 3.32. The molecule has 1 atom stereocenters. The van der Waals surface area contributed by atoms with Crippen LogP contribution in [0.1, 0.15) is 26.3 Å². The number of nitrogens with zero attached hydrogens (tertiary/aromatic N) is 1. The van der Waals surface area contributed by atoms with Crippen LogP contribution in [0.15, 0.2) is 166 Å². The molecule has 1 unspecified atom stereocenters. The molecule has 7 aromatic carbocycles. The second-order valence-corrected chi connectivity index (χ2v) is 17.4. The van der Waals surface area contributed by atoms with Crippen molar-refractivity contribution in [2.75, 3.05) is 4.67 Å². The van der Waals surface area contributed by atoms with Gasteiger partial charge in [0, 0.05) is 16.1 Å². The first-order valence-corrected chi connectivity index (χ1v) is 19.6. The second-order valence-electron chi connectivity index (χ2n) is 14.0. The van der Waals surface area contributed by atoms with Gasteiger partial charge in [0.25, 0.3) is 0 Å². The maximum absolute atomic E-state index is 7.31. The van der Waals surface area contributed by atoms with Gasteiger partial charge in [0.05, 0.1) is 11.7 Å². The first kappa shape index (κ1) is 30.9. The standard InChI is InChI=1S/C45H37NO2P2/c1-45(2,3)41-30-27-33-17-14-24-40(49(34-18-6-4-7-19-34)35-20-8-5-9-21-35)44(33)46(41)50-47-38-28-25-31-15-10-12-22-36(31)42(38)43-37-23-13-11-16-32(37)26-29-39(43)48-50/h4-30,41H,1-3H3. The van der Waals surface area contributed by atoms with Gasteiger partial charge in [-0.25, -0.2) is 0 Å². The summed E-state index contributed by atoms with van der Waals surface area (Å²) in [5, 5.41) is 10.8. The normalized spacial score (nSPS) is 14.6. The molecular weight excluding hydrogens is 648 g/mol. The van der Waals surface area contributed by atoms with Crippen LogP contribution >= 0.6 is 16.1 Å². The van der Waals surface area contributed by atoms with Gasteiger partial charge < -0.3 is 8.39 Å². The van der Waals surface area contributed by atoms with Crippen molar-refractivity contribution < 1.29 is 8.39 Å². The van der Waals surface area contributed by atoms with E-state index in [4.69, 9.17) is 8.39 Å². The molecule has 1 aromatic heterocycles. The molecule has 0 bridgehead atoms. The summed E-state index contributed by atoms with van der Waals surface area (Å²) in [5.74, 6) is 0. The second kappa shape index (κ2) is 12.4. The maximum atomic E-state index is 7.31. The van der Waals surface area contributed by atoms with E-state index in [2.05, 4.69) is 189 Å². The number of anilines is 1. The Morgan fingerprint density at radius 3 is 1.62 bits per heavy atom. The van der Waals surface area contributed by atoms with E-state index in [1.165, 1.54) is 37.9 Å². The molecule has 1 aliphatic heterocycles. The lowest BCUT2D eigenvalue weighted by molar-refractivity contribution is 0.366. The third-order valence-electron chi connectivity index (χ3n) is 9.71. The lowest BCUT2D eigenvalue weighted by Gasteiger charge is -2.41. The van der Waals surface area contributed by atoms with E-state index in [9.17, 15) is 0 Å². The van der Waals surface area contributed by atoms with Crippen molar-refractivity contribution in [3.05, 3.63) is 163 Å². The molecule has 0 aliphatic carbocycles. The van der Waals surface area contributed by atoms with Gasteiger partial charge in [-0.2, -0.15) is 0 Å². The molecule has 50 heavy (non-hydrogen) atoms. The maximum Gasteiger partial charge on any atom is 0.342 e. The van der Waals surface area contributed by atoms with E-state index in [-0.39, 0.29) is 11.5 Å². The Balaban J connectivity index is 1.41. The van der Waals surface area contributed by atoms with Gasteiger partial charge in [-0.3, -0.25) is 4.67 Å². The van der Waals surface area contributed by atoms with Crippen LogP contribution in [0.5, 0.6) is 0 Å². The fraction of sp³-hybridized carbons (Fsp3) is 0.111. The van der Waals surface area contributed by atoms with Crippen LogP contribution in [0, 0.1) is 5.41 Å². The summed E-state index contributed by atoms with van der Waals surface area (Å²) in [6.07, 6.45) is 4.66. The van der Waals surface area contributed by atoms with E-state index < -0.39 is 16.1 Å². The minimum Gasteiger partial charge on any atom is -0.404 e. The van der Waals surface area contributed by atoms with Crippen LogP contribution in [0.2, 0.25) is 0 Å². The fourth-order valence-electron chi connectivity index (χ4n) is 7.39. The summed E-state index contributed by atoms with van der Waals surface area (Å²) in [5.41, 5.74) is 3.94. The van der Waals surface area contributed by atoms with Crippen LogP contribution in [0.3, 0.4) is 0 Å². The zero-order valence-electron chi connectivity index (χ0n) is 28.3. The molecule has 3 nitrogen and oxygen atoms in total. The highest BCUT2D eigenvalue weighted by Gasteiger charge is 2.38. The van der Waals surface area contributed by atoms with Crippen LogP contribution in [0.4, 0.5) is 5.69 Å². The van der Waals surface area contributed by atoms with Gasteiger partial charge >= 0.3 is 8.16 Å². The lowest BCUT2D eigenvalue weighted by Crippen LogP contribution is -2.42. The van der Waals surface area contributed by atoms with Crippen LogP contribution in [0.25, 0.3) is 49.6 Å². The zero-order valence-corrected chi connectivity index (χ0v) is 30.1. The first-order valence-electron chi connectivity index (χ1n) is 17.2. The molecule has 8 aromatic rings. The van der Waals surface area contributed by atoms with Gasteiger partial charge in [-0.1, -0.05) is 172 Å². The Hall–Kier alpha value is -5.07. The fourth-order valence-corrected chi connectivity index (χ4v) is 11.8. The molecule has 244 valence electrons. The van der Waals surface area contributed by atoms with Gasteiger partial charge in [0.1, 0.15) is 11.2 Å². The van der Waals surface area contributed by atoms with E-state index in [0.717, 1.165) is 32.7 Å². The Kier molecular flexibility index (Phi) is 7.65. The predicted molar refractivity (Wildman–Crippen MR) is 217 cm³/mol.